The minimum Gasteiger partial charge on any atom is -0.478 e. The normalized spacial score (nSPS) is 17.3. The number of carboxylic acid groups (broad SMARTS) is 1. The first-order valence-corrected chi connectivity index (χ1v) is 8.97. The Balaban J connectivity index is 1.80. The number of carboxylic acids is 1. The SMILES string of the molecule is O=C(O)c1ccc2c(c1)nc(NC1=CC(C(F)(F)F)CC=C1)c1ccsc12. The van der Waals surface area contributed by atoms with E-state index in [-0.39, 0.29) is 12.0 Å². The van der Waals surface area contributed by atoms with Crippen molar-refractivity contribution in [3.8, 4) is 0 Å². The van der Waals surface area contributed by atoms with Crippen molar-refractivity contribution in [2.45, 2.75) is 12.6 Å². The maximum absolute atomic E-state index is 13.0. The fourth-order valence-corrected chi connectivity index (χ4v) is 3.99. The first-order valence-electron chi connectivity index (χ1n) is 8.09. The number of aromatic carboxylic acids is 1. The van der Waals surface area contributed by atoms with Crippen molar-refractivity contribution >= 4 is 44.1 Å². The van der Waals surface area contributed by atoms with E-state index < -0.39 is 18.1 Å². The fourth-order valence-electron chi connectivity index (χ4n) is 3.06. The number of nitrogens with zero attached hydrogens (tertiary/aromatic N) is 1. The number of aromatic nitrogens is 1. The van der Waals surface area contributed by atoms with Gasteiger partial charge in [0.25, 0.3) is 0 Å². The van der Waals surface area contributed by atoms with Gasteiger partial charge in [-0.1, -0.05) is 12.1 Å². The third-order valence-corrected chi connectivity index (χ3v) is 5.34. The van der Waals surface area contributed by atoms with E-state index in [9.17, 15) is 23.1 Å². The zero-order chi connectivity index (χ0) is 19.2. The highest BCUT2D eigenvalue weighted by Crippen LogP contribution is 2.36. The topological polar surface area (TPSA) is 62.2 Å². The lowest BCUT2D eigenvalue weighted by atomic mass is 9.98. The lowest BCUT2D eigenvalue weighted by molar-refractivity contribution is -0.160. The molecule has 0 saturated heterocycles. The Labute approximate surface area is 155 Å². The van der Waals surface area contributed by atoms with Crippen LogP contribution in [0.5, 0.6) is 0 Å². The summed E-state index contributed by atoms with van der Waals surface area (Å²) in [6, 6.07) is 6.52. The highest BCUT2D eigenvalue weighted by molar-refractivity contribution is 7.18. The van der Waals surface area contributed by atoms with Crippen molar-refractivity contribution in [1.82, 2.24) is 4.98 Å². The number of halogens is 3. The maximum atomic E-state index is 13.0. The molecule has 8 heteroatoms. The fraction of sp³-hybridized carbons (Fsp3) is 0.158. The molecule has 1 unspecified atom stereocenters. The van der Waals surface area contributed by atoms with Crippen molar-refractivity contribution in [3.05, 3.63) is 59.1 Å². The van der Waals surface area contributed by atoms with E-state index in [1.165, 1.54) is 29.5 Å². The quantitative estimate of drug-likeness (QED) is 0.613. The summed E-state index contributed by atoms with van der Waals surface area (Å²) in [5.74, 6) is -2.20. The Morgan fingerprint density at radius 2 is 2.07 bits per heavy atom. The molecule has 0 amide bonds. The van der Waals surface area contributed by atoms with E-state index in [4.69, 9.17) is 0 Å². The minimum absolute atomic E-state index is 0.0876. The molecule has 1 atom stereocenters. The zero-order valence-corrected chi connectivity index (χ0v) is 14.6. The zero-order valence-electron chi connectivity index (χ0n) is 13.7. The van der Waals surface area contributed by atoms with Crippen LogP contribution in [0.25, 0.3) is 21.0 Å². The van der Waals surface area contributed by atoms with Gasteiger partial charge in [-0.2, -0.15) is 13.2 Å². The van der Waals surface area contributed by atoms with Crippen LogP contribution in [0.4, 0.5) is 19.0 Å². The van der Waals surface area contributed by atoms with Gasteiger partial charge in [-0.05, 0) is 42.2 Å². The van der Waals surface area contributed by atoms with Crippen LogP contribution >= 0.6 is 11.3 Å². The minimum atomic E-state index is -4.30. The molecule has 4 nitrogen and oxygen atoms in total. The van der Waals surface area contributed by atoms with Crippen LogP contribution < -0.4 is 5.32 Å². The van der Waals surface area contributed by atoms with Gasteiger partial charge in [0.15, 0.2) is 0 Å². The van der Waals surface area contributed by atoms with Crippen LogP contribution in [-0.4, -0.2) is 22.2 Å². The van der Waals surface area contributed by atoms with Crippen molar-refractivity contribution in [1.29, 1.82) is 0 Å². The first-order chi connectivity index (χ1) is 12.8. The monoisotopic (exact) mass is 390 g/mol. The van der Waals surface area contributed by atoms with E-state index in [1.54, 1.807) is 12.1 Å². The van der Waals surface area contributed by atoms with Crippen LogP contribution in [0.15, 0.2) is 53.6 Å². The number of benzene rings is 1. The number of carbonyl (C=O) groups is 1. The predicted octanol–water partition coefficient (Wildman–Crippen LogP) is 5.58. The number of allylic oxidation sites excluding steroid dienone is 3. The highest BCUT2D eigenvalue weighted by atomic mass is 32.1. The molecule has 138 valence electrons. The third kappa shape index (κ3) is 3.28. The van der Waals surface area contributed by atoms with Gasteiger partial charge in [0.1, 0.15) is 5.82 Å². The third-order valence-electron chi connectivity index (χ3n) is 4.39. The highest BCUT2D eigenvalue weighted by Gasteiger charge is 2.38. The lowest BCUT2D eigenvalue weighted by Gasteiger charge is -2.20. The summed E-state index contributed by atoms with van der Waals surface area (Å²) in [7, 11) is 0. The molecule has 1 aromatic carbocycles. The Morgan fingerprint density at radius 3 is 2.81 bits per heavy atom. The maximum Gasteiger partial charge on any atom is 0.395 e. The summed E-state index contributed by atoms with van der Waals surface area (Å²) >= 11 is 1.47. The molecule has 4 rings (SSSR count). The Bertz CT molecular complexity index is 1120. The second-order valence-electron chi connectivity index (χ2n) is 6.19. The molecule has 3 aromatic rings. The molecular formula is C19H13F3N2O2S. The molecule has 0 bridgehead atoms. The molecule has 0 radical (unpaired) electrons. The molecule has 0 aliphatic heterocycles. The standard InChI is InChI=1S/C19H13F3N2O2S/c20-19(21,22)11-2-1-3-12(9-11)23-17-14-6-7-27-16(14)13-5-4-10(18(25)26)8-15(13)24-17/h1,3-9,11H,2H2,(H,23,24)(H,25,26). The van der Waals surface area contributed by atoms with Crippen LogP contribution in [0.2, 0.25) is 0 Å². The number of thiophene rings is 1. The molecule has 0 saturated carbocycles. The van der Waals surface area contributed by atoms with Crippen LogP contribution in [0.1, 0.15) is 16.8 Å². The van der Waals surface area contributed by atoms with Crippen molar-refractivity contribution in [2.75, 3.05) is 5.32 Å². The molecule has 2 N–H and O–H groups in total. The second kappa shape index (κ2) is 6.38. The van der Waals surface area contributed by atoms with E-state index in [0.717, 1.165) is 21.5 Å². The van der Waals surface area contributed by atoms with Crippen molar-refractivity contribution in [3.63, 3.8) is 0 Å². The van der Waals surface area contributed by atoms with Gasteiger partial charge in [-0.15, -0.1) is 11.3 Å². The molecule has 1 aliphatic carbocycles. The Morgan fingerprint density at radius 1 is 1.26 bits per heavy atom. The summed E-state index contributed by atoms with van der Waals surface area (Å²) < 4.78 is 39.9. The number of rotatable bonds is 3. The average molecular weight is 390 g/mol. The smallest absolute Gasteiger partial charge is 0.395 e. The number of hydrogen-bond acceptors (Lipinski definition) is 4. The molecule has 1 aliphatic rings. The van der Waals surface area contributed by atoms with Gasteiger partial charge < -0.3 is 10.4 Å². The molecule has 0 spiro atoms. The predicted molar refractivity (Wildman–Crippen MR) is 99.1 cm³/mol. The van der Waals surface area contributed by atoms with Gasteiger partial charge >= 0.3 is 12.1 Å². The average Bonchev–Trinajstić information content (AvgIpc) is 3.11. The molecule has 2 aromatic heterocycles. The summed E-state index contributed by atoms with van der Waals surface area (Å²) in [5, 5.41) is 15.6. The van der Waals surface area contributed by atoms with E-state index >= 15 is 0 Å². The van der Waals surface area contributed by atoms with E-state index in [1.807, 2.05) is 11.4 Å². The van der Waals surface area contributed by atoms with Crippen LogP contribution in [0.3, 0.4) is 0 Å². The molecule has 0 fully saturated rings. The largest absolute Gasteiger partial charge is 0.478 e. The lowest BCUT2D eigenvalue weighted by Crippen LogP contribution is -2.23. The molecule has 27 heavy (non-hydrogen) atoms. The molecular weight excluding hydrogens is 377 g/mol. The van der Waals surface area contributed by atoms with Gasteiger partial charge in [0, 0.05) is 21.2 Å². The number of alkyl halides is 3. The second-order valence-corrected chi connectivity index (χ2v) is 7.11. The van der Waals surface area contributed by atoms with Crippen molar-refractivity contribution < 1.29 is 23.1 Å². The summed E-state index contributed by atoms with van der Waals surface area (Å²) in [4.78, 5) is 15.7. The van der Waals surface area contributed by atoms with Crippen LogP contribution in [0, 0.1) is 5.92 Å². The van der Waals surface area contributed by atoms with E-state index in [2.05, 4.69) is 10.3 Å². The molecule has 2 heterocycles. The summed E-state index contributed by atoms with van der Waals surface area (Å²) in [5.41, 5.74) is 0.892. The summed E-state index contributed by atoms with van der Waals surface area (Å²) in [6.07, 6.45) is -0.162. The van der Waals surface area contributed by atoms with Gasteiger partial charge in [-0.3, -0.25) is 0 Å². The van der Waals surface area contributed by atoms with E-state index in [0.29, 0.717) is 17.0 Å². The van der Waals surface area contributed by atoms with Gasteiger partial charge in [-0.25, -0.2) is 9.78 Å². The number of hydrogen-bond donors (Lipinski definition) is 2. The number of anilines is 1. The first kappa shape index (κ1) is 17.5. The Kier molecular flexibility index (Phi) is 4.15. The number of fused-ring (bicyclic) bond motifs is 3. The number of pyridine rings is 1. The van der Waals surface area contributed by atoms with Gasteiger partial charge in [0.05, 0.1) is 17.0 Å². The van der Waals surface area contributed by atoms with Crippen molar-refractivity contribution in [2.24, 2.45) is 5.92 Å². The number of nitrogens with one attached hydrogen (secondary N) is 1. The summed E-state index contributed by atoms with van der Waals surface area (Å²) in [6.45, 7) is 0. The Hall–Kier alpha value is -2.87. The van der Waals surface area contributed by atoms with Crippen LogP contribution in [-0.2, 0) is 0 Å². The van der Waals surface area contributed by atoms with Gasteiger partial charge in [0.2, 0.25) is 0 Å².